The van der Waals surface area contributed by atoms with Crippen molar-refractivity contribution in [3.63, 3.8) is 0 Å². The lowest BCUT2D eigenvalue weighted by atomic mass is 10.1. The number of carbonyl (C=O) groups excluding carboxylic acids is 1. The van der Waals surface area contributed by atoms with Crippen LogP contribution in [-0.4, -0.2) is 50.7 Å². The van der Waals surface area contributed by atoms with Crippen LogP contribution in [0, 0.1) is 6.92 Å². The molecule has 0 atom stereocenters. The third-order valence-electron chi connectivity index (χ3n) is 4.80. The molecule has 0 bridgehead atoms. The zero-order valence-electron chi connectivity index (χ0n) is 15.8. The number of carbonyl (C=O) groups is 1. The fraction of sp³-hybridized carbons (Fsp3) is 0.381. The minimum Gasteiger partial charge on any atom is -0.497 e. The first kappa shape index (κ1) is 19.5. The van der Waals surface area contributed by atoms with Gasteiger partial charge in [0.05, 0.1) is 13.7 Å². The van der Waals surface area contributed by atoms with E-state index in [1.54, 1.807) is 7.11 Å². The van der Waals surface area contributed by atoms with Crippen LogP contribution in [0.2, 0.25) is 5.02 Å². The molecule has 1 saturated heterocycles. The normalized spacial score (nSPS) is 14.3. The maximum Gasteiger partial charge on any atom is 0.248 e. The first-order valence-electron chi connectivity index (χ1n) is 9.06. The number of hydrogen-bond donors (Lipinski definition) is 0. The summed E-state index contributed by atoms with van der Waals surface area (Å²) in [4.78, 5) is 16.5. The minimum atomic E-state index is 0.0333. The number of rotatable bonds is 6. The summed E-state index contributed by atoms with van der Waals surface area (Å²) in [6.45, 7) is 5.57. The van der Waals surface area contributed by atoms with Crippen LogP contribution in [0.1, 0.15) is 11.1 Å². The fourth-order valence-electron chi connectivity index (χ4n) is 3.19. The summed E-state index contributed by atoms with van der Waals surface area (Å²) in [5.41, 5.74) is 3.36. The second kappa shape index (κ2) is 9.11. The van der Waals surface area contributed by atoms with Crippen molar-refractivity contribution in [3.8, 4) is 5.75 Å². The van der Waals surface area contributed by atoms with E-state index in [1.165, 1.54) is 5.56 Å². The van der Waals surface area contributed by atoms with Crippen molar-refractivity contribution in [2.24, 2.45) is 0 Å². The zero-order chi connectivity index (χ0) is 19.2. The van der Waals surface area contributed by atoms with Crippen molar-refractivity contribution in [1.82, 2.24) is 4.90 Å². The van der Waals surface area contributed by atoms with Gasteiger partial charge in [-0.25, -0.2) is 0 Å². The predicted molar refractivity (Wildman–Crippen MR) is 108 cm³/mol. The van der Waals surface area contributed by atoms with E-state index >= 15 is 0 Å². The molecule has 1 amide bonds. The van der Waals surface area contributed by atoms with Gasteiger partial charge in [-0.15, -0.1) is 0 Å². The molecule has 6 heteroatoms. The highest BCUT2D eigenvalue weighted by Crippen LogP contribution is 2.25. The highest BCUT2D eigenvalue weighted by Gasteiger charge is 2.22. The third-order valence-corrected chi connectivity index (χ3v) is 5.03. The van der Waals surface area contributed by atoms with Gasteiger partial charge in [0.1, 0.15) is 12.4 Å². The van der Waals surface area contributed by atoms with Crippen LogP contribution in [-0.2, 0) is 16.1 Å². The molecule has 2 aromatic carbocycles. The van der Waals surface area contributed by atoms with Gasteiger partial charge in [0, 0.05) is 36.9 Å². The van der Waals surface area contributed by atoms with E-state index in [-0.39, 0.29) is 12.5 Å². The number of amides is 1. The van der Waals surface area contributed by atoms with E-state index in [4.69, 9.17) is 21.1 Å². The number of benzene rings is 2. The second-order valence-electron chi connectivity index (χ2n) is 6.64. The van der Waals surface area contributed by atoms with E-state index in [2.05, 4.69) is 11.8 Å². The van der Waals surface area contributed by atoms with E-state index in [0.717, 1.165) is 35.1 Å². The molecule has 144 valence electrons. The molecule has 0 aromatic heterocycles. The second-order valence-corrected chi connectivity index (χ2v) is 7.08. The molecule has 0 unspecified atom stereocenters. The van der Waals surface area contributed by atoms with Crippen LogP contribution in [0.15, 0.2) is 42.5 Å². The average Bonchev–Trinajstić information content (AvgIpc) is 2.70. The van der Waals surface area contributed by atoms with Gasteiger partial charge in [-0.1, -0.05) is 29.8 Å². The van der Waals surface area contributed by atoms with Gasteiger partial charge in [-0.2, -0.15) is 0 Å². The molecule has 0 aliphatic carbocycles. The quantitative estimate of drug-likeness (QED) is 0.759. The van der Waals surface area contributed by atoms with E-state index < -0.39 is 0 Å². The molecule has 1 aliphatic rings. The Hall–Kier alpha value is -2.24. The highest BCUT2D eigenvalue weighted by molar-refractivity contribution is 6.30. The molecule has 27 heavy (non-hydrogen) atoms. The molecule has 1 aliphatic heterocycles. The Morgan fingerprint density at radius 2 is 1.78 bits per heavy atom. The summed E-state index contributed by atoms with van der Waals surface area (Å²) in [6.07, 6.45) is 0. The van der Waals surface area contributed by atoms with Gasteiger partial charge in [0.15, 0.2) is 0 Å². The number of piperazine rings is 1. The molecule has 0 radical (unpaired) electrons. The van der Waals surface area contributed by atoms with E-state index in [9.17, 15) is 4.79 Å². The monoisotopic (exact) mass is 388 g/mol. The number of halogens is 1. The summed E-state index contributed by atoms with van der Waals surface area (Å²) >= 11 is 6.13. The number of aryl methyl sites for hydroxylation is 1. The Morgan fingerprint density at radius 3 is 2.44 bits per heavy atom. The van der Waals surface area contributed by atoms with Crippen LogP contribution in [0.4, 0.5) is 5.69 Å². The maximum atomic E-state index is 12.4. The van der Waals surface area contributed by atoms with Gasteiger partial charge >= 0.3 is 0 Å². The van der Waals surface area contributed by atoms with E-state index in [0.29, 0.717) is 19.7 Å². The zero-order valence-corrected chi connectivity index (χ0v) is 16.5. The van der Waals surface area contributed by atoms with Gasteiger partial charge in [0.25, 0.3) is 0 Å². The lowest BCUT2D eigenvalue weighted by Gasteiger charge is -2.36. The molecule has 0 saturated carbocycles. The van der Waals surface area contributed by atoms with Gasteiger partial charge in [0.2, 0.25) is 5.91 Å². The molecule has 5 nitrogen and oxygen atoms in total. The standard InChI is InChI=1S/C21H25ClN2O3/c1-16-3-6-18(22)13-20(16)23-9-11-24(12-10-23)21(25)15-27-14-17-4-7-19(26-2)8-5-17/h3-8,13H,9-12,14-15H2,1-2H3. The van der Waals surface area contributed by atoms with Crippen molar-refractivity contribution in [2.45, 2.75) is 13.5 Å². The molecule has 1 fully saturated rings. The fourth-order valence-corrected chi connectivity index (χ4v) is 3.36. The Balaban J connectivity index is 1.44. The molecular formula is C21H25ClN2O3. The maximum absolute atomic E-state index is 12.4. The van der Waals surface area contributed by atoms with Crippen molar-refractivity contribution in [3.05, 3.63) is 58.6 Å². The molecule has 0 N–H and O–H groups in total. The van der Waals surface area contributed by atoms with Crippen molar-refractivity contribution >= 4 is 23.2 Å². The predicted octanol–water partition coefficient (Wildman–Crippen LogP) is 3.52. The van der Waals surface area contributed by atoms with Crippen LogP contribution < -0.4 is 9.64 Å². The lowest BCUT2D eigenvalue weighted by molar-refractivity contribution is -0.136. The number of anilines is 1. The van der Waals surface area contributed by atoms with Crippen molar-refractivity contribution in [1.29, 1.82) is 0 Å². The van der Waals surface area contributed by atoms with Crippen LogP contribution in [0.3, 0.4) is 0 Å². The first-order valence-corrected chi connectivity index (χ1v) is 9.44. The molecule has 0 spiro atoms. The van der Waals surface area contributed by atoms with Crippen LogP contribution >= 0.6 is 11.6 Å². The minimum absolute atomic E-state index is 0.0333. The van der Waals surface area contributed by atoms with E-state index in [1.807, 2.05) is 47.4 Å². The Labute approximate surface area is 165 Å². The van der Waals surface area contributed by atoms with Crippen LogP contribution in [0.25, 0.3) is 0 Å². The van der Waals surface area contributed by atoms with Gasteiger partial charge < -0.3 is 19.3 Å². The smallest absolute Gasteiger partial charge is 0.248 e. The first-order chi connectivity index (χ1) is 13.1. The Kier molecular flexibility index (Phi) is 6.58. The number of nitrogens with zero attached hydrogens (tertiary/aromatic N) is 2. The largest absolute Gasteiger partial charge is 0.497 e. The van der Waals surface area contributed by atoms with Crippen molar-refractivity contribution < 1.29 is 14.3 Å². The molecule has 2 aromatic rings. The molecule has 3 rings (SSSR count). The number of ether oxygens (including phenoxy) is 2. The summed E-state index contributed by atoms with van der Waals surface area (Å²) in [7, 11) is 1.64. The summed E-state index contributed by atoms with van der Waals surface area (Å²) < 4.78 is 10.7. The van der Waals surface area contributed by atoms with Crippen LogP contribution in [0.5, 0.6) is 5.75 Å². The number of methoxy groups -OCH3 is 1. The number of hydrogen-bond acceptors (Lipinski definition) is 4. The molecule has 1 heterocycles. The van der Waals surface area contributed by atoms with Crippen molar-refractivity contribution in [2.75, 3.05) is 44.8 Å². The average molecular weight is 389 g/mol. The Bertz CT molecular complexity index is 771. The SMILES string of the molecule is COc1ccc(COCC(=O)N2CCN(c3cc(Cl)ccc3C)CC2)cc1. The Morgan fingerprint density at radius 1 is 1.07 bits per heavy atom. The summed E-state index contributed by atoms with van der Waals surface area (Å²) in [5, 5.41) is 0.737. The lowest BCUT2D eigenvalue weighted by Crippen LogP contribution is -2.50. The topological polar surface area (TPSA) is 42.0 Å². The summed E-state index contributed by atoms with van der Waals surface area (Å²) in [6, 6.07) is 13.6. The third kappa shape index (κ3) is 5.15. The highest BCUT2D eigenvalue weighted by atomic mass is 35.5. The van der Waals surface area contributed by atoms with Gasteiger partial charge in [-0.05, 0) is 42.3 Å². The molecular weight excluding hydrogens is 364 g/mol. The van der Waals surface area contributed by atoms with Gasteiger partial charge in [-0.3, -0.25) is 4.79 Å². The summed E-state index contributed by atoms with van der Waals surface area (Å²) in [5.74, 6) is 0.841.